The van der Waals surface area contributed by atoms with Crippen LogP contribution in [-0.4, -0.2) is 33.2 Å². The lowest BCUT2D eigenvalue weighted by Gasteiger charge is -2.03. The molecular formula is C17H12ClN5O2. The first-order valence-corrected chi connectivity index (χ1v) is 7.79. The zero-order valence-corrected chi connectivity index (χ0v) is 13.8. The van der Waals surface area contributed by atoms with Crippen LogP contribution in [0.4, 0.5) is 5.95 Å². The summed E-state index contributed by atoms with van der Waals surface area (Å²) in [5.74, 6) is 0.497. The standard InChI is InChI=1S/C17H12ClN5O2/c1-25-11-6-7-13-12(8-11)14-15(19-13)20-17(23-22-14)21-16(24)9-2-4-10(18)5-3-9/h2-8H,1H3,(H2,19,20,21,23,24). The Bertz CT molecular complexity index is 1090. The maximum atomic E-state index is 12.2. The molecule has 0 saturated carbocycles. The van der Waals surface area contributed by atoms with Gasteiger partial charge in [0.1, 0.15) is 11.3 Å². The third-order valence-corrected chi connectivity index (χ3v) is 4.01. The summed E-state index contributed by atoms with van der Waals surface area (Å²) >= 11 is 5.82. The molecule has 2 heterocycles. The van der Waals surface area contributed by atoms with Gasteiger partial charge in [-0.15, -0.1) is 10.2 Å². The highest BCUT2D eigenvalue weighted by Crippen LogP contribution is 2.26. The molecule has 0 saturated heterocycles. The summed E-state index contributed by atoms with van der Waals surface area (Å²) in [6.45, 7) is 0. The number of nitrogens with zero attached hydrogens (tertiary/aromatic N) is 3. The lowest BCUT2D eigenvalue weighted by molar-refractivity contribution is 0.102. The molecule has 0 aliphatic rings. The summed E-state index contributed by atoms with van der Waals surface area (Å²) in [5, 5.41) is 12.2. The highest BCUT2D eigenvalue weighted by atomic mass is 35.5. The van der Waals surface area contributed by atoms with Crippen molar-refractivity contribution in [3.63, 3.8) is 0 Å². The minimum absolute atomic E-state index is 0.117. The predicted octanol–water partition coefficient (Wildman–Crippen LogP) is 3.42. The van der Waals surface area contributed by atoms with Crippen molar-refractivity contribution in [3.05, 3.63) is 53.1 Å². The molecule has 0 spiro atoms. The highest BCUT2D eigenvalue weighted by Gasteiger charge is 2.12. The van der Waals surface area contributed by atoms with Gasteiger partial charge >= 0.3 is 0 Å². The van der Waals surface area contributed by atoms with E-state index in [1.165, 1.54) is 0 Å². The van der Waals surface area contributed by atoms with Crippen molar-refractivity contribution in [1.29, 1.82) is 0 Å². The van der Waals surface area contributed by atoms with Crippen LogP contribution in [0.25, 0.3) is 22.1 Å². The van der Waals surface area contributed by atoms with Crippen LogP contribution >= 0.6 is 11.6 Å². The van der Waals surface area contributed by atoms with E-state index in [-0.39, 0.29) is 11.9 Å². The Morgan fingerprint density at radius 2 is 1.96 bits per heavy atom. The molecule has 7 nitrogen and oxygen atoms in total. The van der Waals surface area contributed by atoms with Crippen molar-refractivity contribution in [2.24, 2.45) is 0 Å². The van der Waals surface area contributed by atoms with Gasteiger partial charge in [-0.2, -0.15) is 4.98 Å². The maximum Gasteiger partial charge on any atom is 0.258 e. The summed E-state index contributed by atoms with van der Waals surface area (Å²) in [7, 11) is 1.60. The smallest absolute Gasteiger partial charge is 0.258 e. The number of nitrogens with one attached hydrogen (secondary N) is 2. The number of anilines is 1. The van der Waals surface area contributed by atoms with Gasteiger partial charge in [-0.3, -0.25) is 10.1 Å². The third-order valence-electron chi connectivity index (χ3n) is 3.75. The molecule has 0 bridgehead atoms. The maximum absolute atomic E-state index is 12.2. The Hall–Kier alpha value is -3.19. The minimum Gasteiger partial charge on any atom is -0.497 e. The van der Waals surface area contributed by atoms with Crippen molar-refractivity contribution in [2.45, 2.75) is 0 Å². The summed E-state index contributed by atoms with van der Waals surface area (Å²) in [6, 6.07) is 12.1. The predicted molar refractivity (Wildman–Crippen MR) is 95.1 cm³/mol. The number of amides is 1. The van der Waals surface area contributed by atoms with Crippen molar-refractivity contribution in [1.82, 2.24) is 20.2 Å². The molecule has 1 amide bonds. The summed E-state index contributed by atoms with van der Waals surface area (Å²) in [6.07, 6.45) is 0. The molecule has 0 aliphatic carbocycles. The van der Waals surface area contributed by atoms with E-state index in [4.69, 9.17) is 16.3 Å². The second kappa shape index (κ2) is 6.03. The molecule has 2 aromatic carbocycles. The molecule has 2 aromatic heterocycles. The first-order valence-electron chi connectivity index (χ1n) is 7.41. The second-order valence-corrected chi connectivity index (χ2v) is 5.77. The molecule has 0 unspecified atom stereocenters. The SMILES string of the molecule is COc1ccc2[nH]c3nc(NC(=O)c4ccc(Cl)cc4)nnc3c2c1. The number of H-pyrrole nitrogens is 1. The largest absolute Gasteiger partial charge is 0.497 e. The van der Waals surface area contributed by atoms with E-state index in [2.05, 4.69) is 25.5 Å². The van der Waals surface area contributed by atoms with Crippen LogP contribution in [0.5, 0.6) is 5.75 Å². The van der Waals surface area contributed by atoms with E-state index in [1.807, 2.05) is 18.2 Å². The fourth-order valence-electron chi connectivity index (χ4n) is 2.51. The Kier molecular flexibility index (Phi) is 3.70. The van der Waals surface area contributed by atoms with Crippen LogP contribution in [-0.2, 0) is 0 Å². The Labute approximate surface area is 147 Å². The second-order valence-electron chi connectivity index (χ2n) is 5.33. The lowest BCUT2D eigenvalue weighted by atomic mass is 10.2. The Morgan fingerprint density at radius 3 is 2.72 bits per heavy atom. The van der Waals surface area contributed by atoms with Gasteiger partial charge in [0.25, 0.3) is 11.9 Å². The number of carbonyl (C=O) groups is 1. The normalized spacial score (nSPS) is 11.0. The number of ether oxygens (including phenoxy) is 1. The topological polar surface area (TPSA) is 92.8 Å². The van der Waals surface area contributed by atoms with Gasteiger partial charge in [0.05, 0.1) is 7.11 Å². The number of aromatic amines is 1. The molecule has 0 radical (unpaired) electrons. The Balaban J connectivity index is 1.68. The van der Waals surface area contributed by atoms with Crippen molar-refractivity contribution in [3.8, 4) is 5.75 Å². The molecule has 0 fully saturated rings. The molecule has 25 heavy (non-hydrogen) atoms. The van der Waals surface area contributed by atoms with E-state index >= 15 is 0 Å². The fourth-order valence-corrected chi connectivity index (χ4v) is 2.63. The van der Waals surface area contributed by atoms with Crippen LogP contribution in [0, 0.1) is 0 Å². The zero-order chi connectivity index (χ0) is 17.4. The number of fused-ring (bicyclic) bond motifs is 3. The number of methoxy groups -OCH3 is 1. The molecule has 2 N–H and O–H groups in total. The molecule has 0 aliphatic heterocycles. The van der Waals surface area contributed by atoms with Gasteiger partial charge in [0.15, 0.2) is 5.65 Å². The van der Waals surface area contributed by atoms with E-state index in [9.17, 15) is 4.79 Å². The first kappa shape index (κ1) is 15.3. The molecule has 4 aromatic rings. The molecule has 4 rings (SSSR count). The lowest BCUT2D eigenvalue weighted by Crippen LogP contribution is -2.14. The average Bonchev–Trinajstić information content (AvgIpc) is 2.99. The van der Waals surface area contributed by atoms with Gasteiger partial charge in [0.2, 0.25) is 0 Å². The zero-order valence-electron chi connectivity index (χ0n) is 13.1. The van der Waals surface area contributed by atoms with Crippen LogP contribution < -0.4 is 10.1 Å². The number of halogens is 1. The fraction of sp³-hybridized carbons (Fsp3) is 0.0588. The van der Waals surface area contributed by atoms with E-state index in [1.54, 1.807) is 31.4 Å². The van der Waals surface area contributed by atoms with Gasteiger partial charge < -0.3 is 9.72 Å². The van der Waals surface area contributed by atoms with E-state index in [0.29, 0.717) is 21.7 Å². The number of hydrogen-bond acceptors (Lipinski definition) is 5. The highest BCUT2D eigenvalue weighted by molar-refractivity contribution is 6.30. The summed E-state index contributed by atoms with van der Waals surface area (Å²) in [4.78, 5) is 19.7. The van der Waals surface area contributed by atoms with Crippen LogP contribution in [0.15, 0.2) is 42.5 Å². The number of hydrogen-bond donors (Lipinski definition) is 2. The van der Waals surface area contributed by atoms with Crippen LogP contribution in [0.1, 0.15) is 10.4 Å². The minimum atomic E-state index is -0.337. The van der Waals surface area contributed by atoms with Crippen LogP contribution in [0.2, 0.25) is 5.02 Å². The van der Waals surface area contributed by atoms with E-state index in [0.717, 1.165) is 16.7 Å². The molecule has 8 heteroatoms. The number of aromatic nitrogens is 4. The summed E-state index contributed by atoms with van der Waals surface area (Å²) < 4.78 is 5.23. The number of benzene rings is 2. The van der Waals surface area contributed by atoms with Crippen molar-refractivity contribution < 1.29 is 9.53 Å². The average molecular weight is 354 g/mol. The Morgan fingerprint density at radius 1 is 1.16 bits per heavy atom. The van der Waals surface area contributed by atoms with Gasteiger partial charge in [-0.05, 0) is 42.5 Å². The van der Waals surface area contributed by atoms with Crippen molar-refractivity contribution in [2.75, 3.05) is 12.4 Å². The van der Waals surface area contributed by atoms with Crippen LogP contribution in [0.3, 0.4) is 0 Å². The monoisotopic (exact) mass is 353 g/mol. The third kappa shape index (κ3) is 2.85. The molecular weight excluding hydrogens is 342 g/mol. The van der Waals surface area contributed by atoms with Gasteiger partial charge in [0, 0.05) is 21.5 Å². The van der Waals surface area contributed by atoms with Gasteiger partial charge in [-0.25, -0.2) is 0 Å². The van der Waals surface area contributed by atoms with E-state index < -0.39 is 0 Å². The number of rotatable bonds is 3. The first-order chi connectivity index (χ1) is 12.1. The molecule has 124 valence electrons. The van der Waals surface area contributed by atoms with Crippen molar-refractivity contribution >= 4 is 45.5 Å². The quantitative estimate of drug-likeness (QED) is 0.588. The molecule has 0 atom stereocenters. The number of carbonyl (C=O) groups excluding carboxylic acids is 1. The summed E-state index contributed by atoms with van der Waals surface area (Å²) in [5.41, 5.74) is 2.45. The van der Waals surface area contributed by atoms with Gasteiger partial charge in [-0.1, -0.05) is 11.6 Å².